The van der Waals surface area contributed by atoms with Crippen molar-refractivity contribution in [1.82, 2.24) is 0 Å². The molecule has 0 spiro atoms. The Morgan fingerprint density at radius 3 is 1.68 bits per heavy atom. The van der Waals surface area contributed by atoms with E-state index in [-0.39, 0.29) is 35.0 Å². The molecule has 53 heavy (non-hydrogen) atoms. The quantitative estimate of drug-likeness (QED) is 0.156. The molecular weight excluding hydrogens is 653 g/mol. The van der Waals surface area contributed by atoms with Crippen molar-refractivity contribution in [3.05, 3.63) is 36.5 Å². The van der Waals surface area contributed by atoms with Gasteiger partial charge in [0.15, 0.2) is 0 Å². The molecule has 10 fully saturated rings. The van der Waals surface area contributed by atoms with Gasteiger partial charge >= 0.3 is 11.9 Å². The number of esters is 2. The van der Waals surface area contributed by atoms with Gasteiger partial charge in [-0.1, -0.05) is 56.1 Å². The second kappa shape index (κ2) is 12.3. The Morgan fingerprint density at radius 2 is 1.13 bits per heavy atom. The summed E-state index contributed by atoms with van der Waals surface area (Å²) in [6.07, 6.45) is 41.3. The number of fused-ring (bicyclic) bond motifs is 20. The van der Waals surface area contributed by atoms with Gasteiger partial charge in [-0.2, -0.15) is 0 Å². The molecule has 10 saturated carbocycles. The lowest BCUT2D eigenvalue weighted by Crippen LogP contribution is -2.45. The van der Waals surface area contributed by atoms with Gasteiger partial charge in [0.05, 0.1) is 11.8 Å². The van der Waals surface area contributed by atoms with Crippen LogP contribution in [0, 0.1) is 107 Å². The molecule has 10 bridgehead atoms. The van der Waals surface area contributed by atoms with Crippen molar-refractivity contribution in [3.8, 4) is 0 Å². The normalized spacial score (nSPS) is 53.5. The smallest absolute Gasteiger partial charge is 0.310 e. The van der Waals surface area contributed by atoms with E-state index in [0.29, 0.717) is 23.7 Å². The Morgan fingerprint density at radius 1 is 0.528 bits per heavy atom. The standard InChI is InChI=1S/C25H32O2.C24H34O2/c26-24(20-13-18-12-19(20)23-17-6-5-16(11-17)22(18)23)27-25(7-1-2-8-25)21-10-14-3-4-15(21)9-14;25-23(26-24(10-4-5-11-24)18-6-2-1-3-7-18)20-14-17-13-19(20)22-16-9-8-15(12-16)21(17)22/h1,5-7,14-23H,2-4,8-13H2;8-9,15-22H,1-7,10-14H2. The lowest BCUT2D eigenvalue weighted by molar-refractivity contribution is -0.176. The van der Waals surface area contributed by atoms with Gasteiger partial charge in [0.1, 0.15) is 11.2 Å². The fourth-order valence-corrected chi connectivity index (χ4v) is 18.3. The zero-order valence-corrected chi connectivity index (χ0v) is 32.3. The molecule has 18 atom stereocenters. The van der Waals surface area contributed by atoms with Crippen molar-refractivity contribution < 1.29 is 19.1 Å². The van der Waals surface area contributed by atoms with E-state index in [1.165, 1.54) is 96.3 Å². The van der Waals surface area contributed by atoms with Crippen LogP contribution in [-0.4, -0.2) is 23.1 Å². The zero-order chi connectivity index (χ0) is 35.1. The van der Waals surface area contributed by atoms with Crippen LogP contribution in [0.5, 0.6) is 0 Å². The van der Waals surface area contributed by atoms with Crippen molar-refractivity contribution in [2.24, 2.45) is 107 Å². The highest BCUT2D eigenvalue weighted by molar-refractivity contribution is 5.75. The van der Waals surface area contributed by atoms with E-state index in [0.717, 1.165) is 110 Å². The number of rotatable bonds is 6. The molecule has 4 nitrogen and oxygen atoms in total. The van der Waals surface area contributed by atoms with Gasteiger partial charge in [0.2, 0.25) is 0 Å². The van der Waals surface area contributed by atoms with Gasteiger partial charge in [-0.3, -0.25) is 9.59 Å². The Hall–Kier alpha value is -1.84. The summed E-state index contributed by atoms with van der Waals surface area (Å²) in [5, 5.41) is 0. The second-order valence-corrected chi connectivity index (χ2v) is 21.8. The maximum absolute atomic E-state index is 13.5. The Labute approximate surface area is 319 Å². The number of ether oxygens (including phenoxy) is 2. The number of hydrogen-bond donors (Lipinski definition) is 0. The molecular formula is C49H66O4. The van der Waals surface area contributed by atoms with Gasteiger partial charge < -0.3 is 9.47 Å². The minimum absolute atomic E-state index is 0.0761. The van der Waals surface area contributed by atoms with Crippen molar-refractivity contribution in [2.75, 3.05) is 0 Å². The summed E-state index contributed by atoms with van der Waals surface area (Å²) in [7, 11) is 0. The molecule has 0 N–H and O–H groups in total. The van der Waals surface area contributed by atoms with Gasteiger partial charge in [-0.25, -0.2) is 0 Å². The van der Waals surface area contributed by atoms with Crippen LogP contribution in [0.25, 0.3) is 0 Å². The summed E-state index contributed by atoms with van der Waals surface area (Å²) in [6, 6.07) is 0. The lowest BCUT2D eigenvalue weighted by Gasteiger charge is -2.42. The first kappa shape index (κ1) is 33.3. The molecule has 0 aromatic carbocycles. The Bertz CT molecular complexity index is 1580. The molecule has 286 valence electrons. The van der Waals surface area contributed by atoms with E-state index in [4.69, 9.17) is 9.47 Å². The summed E-state index contributed by atoms with van der Waals surface area (Å²) < 4.78 is 13.1. The Balaban J connectivity index is 0.000000119. The predicted octanol–water partition coefficient (Wildman–Crippen LogP) is 10.7. The van der Waals surface area contributed by atoms with Crippen molar-refractivity contribution in [2.45, 2.75) is 146 Å². The van der Waals surface area contributed by atoms with E-state index in [2.05, 4.69) is 36.5 Å². The molecule has 0 heterocycles. The summed E-state index contributed by atoms with van der Waals surface area (Å²) in [5.41, 5.74) is -0.319. The van der Waals surface area contributed by atoms with E-state index in [9.17, 15) is 9.59 Å². The molecule has 13 aliphatic rings. The van der Waals surface area contributed by atoms with Crippen molar-refractivity contribution >= 4 is 11.9 Å². The third kappa shape index (κ3) is 4.96. The summed E-state index contributed by atoms with van der Waals surface area (Å²) in [6.45, 7) is 0. The van der Waals surface area contributed by atoms with Gasteiger partial charge in [0, 0.05) is 5.92 Å². The number of carbonyl (C=O) groups excluding carboxylic acids is 2. The van der Waals surface area contributed by atoms with Crippen LogP contribution in [0.15, 0.2) is 36.5 Å². The molecule has 0 radical (unpaired) electrons. The molecule has 0 aromatic rings. The topological polar surface area (TPSA) is 52.6 Å². The van der Waals surface area contributed by atoms with Crippen LogP contribution in [0.4, 0.5) is 0 Å². The molecule has 13 aliphatic carbocycles. The van der Waals surface area contributed by atoms with Crippen LogP contribution in [-0.2, 0) is 19.1 Å². The van der Waals surface area contributed by atoms with E-state index >= 15 is 0 Å². The average Bonchev–Trinajstić information content (AvgIpc) is 4.01. The average molecular weight is 719 g/mol. The summed E-state index contributed by atoms with van der Waals surface area (Å²) in [5.74, 6) is 13.4. The number of carbonyl (C=O) groups is 2. The van der Waals surface area contributed by atoms with Crippen LogP contribution in [0.2, 0.25) is 0 Å². The summed E-state index contributed by atoms with van der Waals surface area (Å²) >= 11 is 0. The highest BCUT2D eigenvalue weighted by Crippen LogP contribution is 2.69. The molecule has 18 unspecified atom stereocenters. The highest BCUT2D eigenvalue weighted by Gasteiger charge is 2.65. The second-order valence-electron chi connectivity index (χ2n) is 21.8. The van der Waals surface area contributed by atoms with Crippen LogP contribution in [0.3, 0.4) is 0 Å². The van der Waals surface area contributed by atoms with Crippen molar-refractivity contribution in [3.63, 3.8) is 0 Å². The predicted molar refractivity (Wildman–Crippen MR) is 205 cm³/mol. The molecule has 13 rings (SSSR count). The molecule has 4 heteroatoms. The molecule has 0 aromatic heterocycles. The Kier molecular flexibility index (Phi) is 7.75. The number of hydrogen-bond acceptors (Lipinski definition) is 4. The maximum atomic E-state index is 13.5. The maximum Gasteiger partial charge on any atom is 0.310 e. The lowest BCUT2D eigenvalue weighted by atomic mass is 9.69. The third-order valence-corrected chi connectivity index (χ3v) is 20.0. The van der Waals surface area contributed by atoms with Gasteiger partial charge in [0.25, 0.3) is 0 Å². The summed E-state index contributed by atoms with van der Waals surface area (Å²) in [4.78, 5) is 26.9. The fourth-order valence-electron chi connectivity index (χ4n) is 18.3. The van der Waals surface area contributed by atoms with Crippen LogP contribution < -0.4 is 0 Å². The minimum atomic E-state index is -0.243. The zero-order valence-electron chi connectivity index (χ0n) is 32.3. The first-order valence-corrected chi connectivity index (χ1v) is 23.5. The molecule has 0 amide bonds. The highest BCUT2D eigenvalue weighted by atomic mass is 16.6. The van der Waals surface area contributed by atoms with E-state index in [1.807, 2.05) is 0 Å². The van der Waals surface area contributed by atoms with E-state index < -0.39 is 0 Å². The first-order valence-electron chi connectivity index (χ1n) is 23.5. The van der Waals surface area contributed by atoms with Crippen LogP contribution in [0.1, 0.15) is 135 Å². The third-order valence-electron chi connectivity index (χ3n) is 20.0. The number of allylic oxidation sites excluding steroid dienone is 5. The monoisotopic (exact) mass is 718 g/mol. The minimum Gasteiger partial charge on any atom is -0.459 e. The van der Waals surface area contributed by atoms with Gasteiger partial charge in [-0.05, 0) is 204 Å². The van der Waals surface area contributed by atoms with Crippen molar-refractivity contribution in [1.29, 1.82) is 0 Å². The first-order chi connectivity index (χ1) is 26.0. The molecule has 0 saturated heterocycles. The van der Waals surface area contributed by atoms with Crippen LogP contribution >= 0.6 is 0 Å². The fraction of sp³-hybridized carbons (Fsp3) is 0.837. The largest absolute Gasteiger partial charge is 0.459 e. The van der Waals surface area contributed by atoms with E-state index in [1.54, 1.807) is 0 Å². The van der Waals surface area contributed by atoms with Gasteiger partial charge in [-0.15, -0.1) is 0 Å². The SMILES string of the molecule is O=C(OC1(C2CC3CCC2C3)C=CCC1)C1CC2CC1C1C3C=CC(C3)C21.O=C(OC1(C2CCCCC2)CCCC1)C1CC2CC1C1C3C=CC(C3)C21. The molecule has 0 aliphatic heterocycles.